The molecule has 1 rings (SSSR count). The van der Waals surface area contributed by atoms with Crippen LogP contribution in [0.1, 0.15) is 46.5 Å². The zero-order valence-electron chi connectivity index (χ0n) is 12.7. The van der Waals surface area contributed by atoms with E-state index in [2.05, 4.69) is 37.2 Å². The standard InChI is InChI=1S/C15H32N2S/c1-5-10-17-11-6-7-15(12-17)14(3)16-9-8-13(2)18-4/h13-16H,5-12H2,1-4H3. The molecule has 1 N–H and O–H groups in total. The summed E-state index contributed by atoms with van der Waals surface area (Å²) in [4.78, 5) is 2.65. The van der Waals surface area contributed by atoms with Crippen molar-refractivity contribution in [3.63, 3.8) is 0 Å². The molecule has 2 nitrogen and oxygen atoms in total. The van der Waals surface area contributed by atoms with E-state index in [9.17, 15) is 0 Å². The first-order valence-electron chi connectivity index (χ1n) is 7.65. The highest BCUT2D eigenvalue weighted by Gasteiger charge is 2.23. The first-order valence-corrected chi connectivity index (χ1v) is 8.94. The van der Waals surface area contributed by atoms with Gasteiger partial charge in [-0.05, 0) is 64.4 Å². The number of hydrogen-bond donors (Lipinski definition) is 1. The van der Waals surface area contributed by atoms with Crippen LogP contribution in [0.3, 0.4) is 0 Å². The van der Waals surface area contributed by atoms with Gasteiger partial charge >= 0.3 is 0 Å². The van der Waals surface area contributed by atoms with Crippen LogP contribution in [0.15, 0.2) is 0 Å². The van der Waals surface area contributed by atoms with Crippen LogP contribution in [0.5, 0.6) is 0 Å². The highest BCUT2D eigenvalue weighted by Crippen LogP contribution is 2.20. The van der Waals surface area contributed by atoms with Crippen molar-refractivity contribution in [1.82, 2.24) is 10.2 Å². The largest absolute Gasteiger partial charge is 0.314 e. The lowest BCUT2D eigenvalue weighted by molar-refractivity contribution is 0.151. The second kappa shape index (κ2) is 9.22. The summed E-state index contributed by atoms with van der Waals surface area (Å²) < 4.78 is 0. The fraction of sp³-hybridized carbons (Fsp3) is 1.00. The predicted molar refractivity (Wildman–Crippen MR) is 84.5 cm³/mol. The number of nitrogens with zero attached hydrogens (tertiary/aromatic N) is 1. The molecule has 0 aliphatic carbocycles. The molecule has 1 heterocycles. The van der Waals surface area contributed by atoms with Crippen LogP contribution in [0.25, 0.3) is 0 Å². The van der Waals surface area contributed by atoms with Crippen LogP contribution in [-0.2, 0) is 0 Å². The van der Waals surface area contributed by atoms with Gasteiger partial charge in [-0.3, -0.25) is 0 Å². The molecule has 0 saturated carbocycles. The zero-order chi connectivity index (χ0) is 13.4. The topological polar surface area (TPSA) is 15.3 Å². The first kappa shape index (κ1) is 16.3. The van der Waals surface area contributed by atoms with Crippen molar-refractivity contribution in [2.45, 2.75) is 57.7 Å². The van der Waals surface area contributed by atoms with Crippen LogP contribution in [0.4, 0.5) is 0 Å². The second-order valence-electron chi connectivity index (χ2n) is 5.78. The molecule has 18 heavy (non-hydrogen) atoms. The van der Waals surface area contributed by atoms with Crippen molar-refractivity contribution in [3.05, 3.63) is 0 Å². The summed E-state index contributed by atoms with van der Waals surface area (Å²) in [5.41, 5.74) is 0. The Morgan fingerprint density at radius 1 is 1.39 bits per heavy atom. The Morgan fingerprint density at radius 3 is 2.83 bits per heavy atom. The van der Waals surface area contributed by atoms with E-state index < -0.39 is 0 Å². The third-order valence-electron chi connectivity index (χ3n) is 4.21. The third-order valence-corrected chi connectivity index (χ3v) is 5.25. The SMILES string of the molecule is CCCN1CCCC(C(C)NCCC(C)SC)C1. The van der Waals surface area contributed by atoms with E-state index in [1.807, 2.05) is 11.8 Å². The Kier molecular flexibility index (Phi) is 8.36. The van der Waals surface area contributed by atoms with Gasteiger partial charge < -0.3 is 10.2 Å². The van der Waals surface area contributed by atoms with Gasteiger partial charge in [0.15, 0.2) is 0 Å². The van der Waals surface area contributed by atoms with Gasteiger partial charge in [-0.2, -0.15) is 11.8 Å². The minimum Gasteiger partial charge on any atom is -0.314 e. The number of thioether (sulfide) groups is 1. The molecule has 1 aliphatic rings. The van der Waals surface area contributed by atoms with E-state index in [1.54, 1.807) is 0 Å². The monoisotopic (exact) mass is 272 g/mol. The van der Waals surface area contributed by atoms with E-state index >= 15 is 0 Å². The normalized spacial score (nSPS) is 25.0. The molecule has 1 saturated heterocycles. The Balaban J connectivity index is 2.21. The van der Waals surface area contributed by atoms with Gasteiger partial charge in [-0.15, -0.1) is 0 Å². The summed E-state index contributed by atoms with van der Waals surface area (Å²) in [5.74, 6) is 0.856. The van der Waals surface area contributed by atoms with Gasteiger partial charge in [0.1, 0.15) is 0 Å². The smallest absolute Gasteiger partial charge is 0.00792 e. The summed E-state index contributed by atoms with van der Waals surface area (Å²) in [6, 6.07) is 0.679. The van der Waals surface area contributed by atoms with E-state index in [0.29, 0.717) is 6.04 Å². The van der Waals surface area contributed by atoms with Crippen LogP contribution in [0.2, 0.25) is 0 Å². The molecule has 3 atom stereocenters. The lowest BCUT2D eigenvalue weighted by Gasteiger charge is -2.36. The number of nitrogens with one attached hydrogen (secondary N) is 1. The third kappa shape index (κ3) is 5.94. The van der Waals surface area contributed by atoms with Crippen molar-refractivity contribution in [3.8, 4) is 0 Å². The van der Waals surface area contributed by atoms with Gasteiger partial charge in [0, 0.05) is 17.8 Å². The van der Waals surface area contributed by atoms with Crippen LogP contribution in [-0.4, -0.2) is 48.6 Å². The van der Waals surface area contributed by atoms with E-state index in [1.165, 1.54) is 51.9 Å². The summed E-state index contributed by atoms with van der Waals surface area (Å²) in [7, 11) is 0. The molecular formula is C15H32N2S. The highest BCUT2D eigenvalue weighted by atomic mass is 32.2. The Hall–Kier alpha value is 0.270. The van der Waals surface area contributed by atoms with Crippen LogP contribution >= 0.6 is 11.8 Å². The highest BCUT2D eigenvalue weighted by molar-refractivity contribution is 7.99. The molecule has 0 aromatic heterocycles. The lowest BCUT2D eigenvalue weighted by atomic mass is 9.91. The van der Waals surface area contributed by atoms with E-state index in [4.69, 9.17) is 0 Å². The zero-order valence-corrected chi connectivity index (χ0v) is 13.6. The Bertz CT molecular complexity index is 209. The summed E-state index contributed by atoms with van der Waals surface area (Å²) in [6.07, 6.45) is 7.58. The molecule has 0 spiro atoms. The second-order valence-corrected chi connectivity index (χ2v) is 7.06. The fourth-order valence-electron chi connectivity index (χ4n) is 2.82. The number of piperidine rings is 1. The lowest BCUT2D eigenvalue weighted by Crippen LogP contribution is -2.45. The molecule has 1 fully saturated rings. The van der Waals surface area contributed by atoms with Gasteiger partial charge in [0.25, 0.3) is 0 Å². The molecule has 0 aromatic rings. The average Bonchev–Trinajstić information content (AvgIpc) is 2.39. The maximum Gasteiger partial charge on any atom is 0.00792 e. The van der Waals surface area contributed by atoms with Crippen molar-refractivity contribution in [1.29, 1.82) is 0 Å². The quantitative estimate of drug-likeness (QED) is 0.730. The maximum absolute atomic E-state index is 3.74. The maximum atomic E-state index is 3.74. The van der Waals surface area contributed by atoms with E-state index in [0.717, 1.165) is 11.2 Å². The Morgan fingerprint density at radius 2 is 2.17 bits per heavy atom. The molecule has 108 valence electrons. The molecule has 3 unspecified atom stereocenters. The average molecular weight is 273 g/mol. The first-order chi connectivity index (χ1) is 8.67. The molecule has 0 radical (unpaired) electrons. The molecule has 0 aromatic carbocycles. The van der Waals surface area contributed by atoms with Crippen LogP contribution in [0, 0.1) is 5.92 Å². The molecule has 1 aliphatic heterocycles. The van der Waals surface area contributed by atoms with Gasteiger partial charge in [-0.25, -0.2) is 0 Å². The summed E-state index contributed by atoms with van der Waals surface area (Å²) >= 11 is 1.97. The minimum atomic E-state index is 0.679. The van der Waals surface area contributed by atoms with Crippen LogP contribution < -0.4 is 5.32 Å². The number of hydrogen-bond acceptors (Lipinski definition) is 3. The predicted octanol–water partition coefficient (Wildman–Crippen LogP) is 3.23. The molecule has 0 bridgehead atoms. The summed E-state index contributed by atoms with van der Waals surface area (Å²) in [6.45, 7) is 12.1. The van der Waals surface area contributed by atoms with Crippen molar-refractivity contribution in [2.24, 2.45) is 5.92 Å². The number of likely N-dealkylation sites (tertiary alicyclic amines) is 1. The summed E-state index contributed by atoms with van der Waals surface area (Å²) in [5, 5.41) is 4.53. The molecule has 3 heteroatoms. The van der Waals surface area contributed by atoms with Crippen molar-refractivity contribution >= 4 is 11.8 Å². The van der Waals surface area contributed by atoms with Gasteiger partial charge in [0.2, 0.25) is 0 Å². The van der Waals surface area contributed by atoms with Gasteiger partial charge in [0.05, 0.1) is 0 Å². The van der Waals surface area contributed by atoms with Gasteiger partial charge in [-0.1, -0.05) is 13.8 Å². The van der Waals surface area contributed by atoms with E-state index in [-0.39, 0.29) is 0 Å². The minimum absolute atomic E-state index is 0.679. The number of rotatable bonds is 8. The molecule has 0 amide bonds. The fourth-order valence-corrected chi connectivity index (χ4v) is 3.17. The molecular weight excluding hydrogens is 240 g/mol. The van der Waals surface area contributed by atoms with Crippen molar-refractivity contribution < 1.29 is 0 Å². The Labute approximate surface area is 118 Å². The van der Waals surface area contributed by atoms with Crippen molar-refractivity contribution in [2.75, 3.05) is 32.4 Å².